The fraction of sp³-hybridized carbons (Fsp3) is 0.525. The summed E-state index contributed by atoms with van der Waals surface area (Å²) in [5.41, 5.74) is 2.84. The summed E-state index contributed by atoms with van der Waals surface area (Å²) in [6.45, 7) is 11.7. The van der Waals surface area contributed by atoms with Gasteiger partial charge < -0.3 is 42.5 Å². The number of nitrogens with one attached hydrogen (secondary N) is 8. The van der Waals surface area contributed by atoms with E-state index in [1.54, 1.807) is 7.05 Å². The van der Waals surface area contributed by atoms with Gasteiger partial charge in [-0.2, -0.15) is 0 Å². The molecule has 302 valence electrons. The Kier molecular flexibility index (Phi) is 19.6. The Bertz CT molecular complexity index is 1580. The van der Waals surface area contributed by atoms with Crippen LogP contribution in [0.1, 0.15) is 60.5 Å². The Hall–Kier alpha value is -5.31. The third-order valence-electron chi connectivity index (χ3n) is 8.88. The van der Waals surface area contributed by atoms with Crippen LogP contribution in [-0.2, 0) is 40.0 Å². The molecule has 0 heterocycles. The van der Waals surface area contributed by atoms with Gasteiger partial charge in [0.05, 0.1) is 32.2 Å². The first kappa shape index (κ1) is 45.8. The number of rotatable bonds is 22. The minimum atomic E-state index is -0.996. The van der Waals surface area contributed by atoms with Crippen LogP contribution in [0.4, 0.5) is 0 Å². The quantitative estimate of drug-likeness (QED) is 0.0856. The van der Waals surface area contributed by atoms with Gasteiger partial charge in [0.2, 0.25) is 41.4 Å². The lowest BCUT2D eigenvalue weighted by Gasteiger charge is -2.24. The van der Waals surface area contributed by atoms with E-state index >= 15 is 0 Å². The maximum Gasteiger partial charge on any atom is 0.243 e. The standard InChI is InChI=1S/C40H60N8O7/c1-24(2)18-31(38(53)44-20-33(49)42-22-35(51)46-27(7)25(3)4)47-36(52)23-43-34(50)21-45-39(54)32(48-40(55)37(41-8)26(5)6)19-28-14-16-30(17-15-28)29-12-10-9-11-13-29/h9-17,24-27,31-32,37,41H,18-23H2,1-8H3,(H,42,49)(H,43,50)(H,44,53)(H,45,54)(H,46,51)(H,47,52)(H,48,55)/t27?,31-,32+,37?/m1/s1. The Labute approximate surface area is 324 Å². The molecule has 8 N–H and O–H groups in total. The second kappa shape index (κ2) is 23.5. The SMILES string of the molecule is CNC(C(=O)N[C@@H](Cc1ccc(-c2ccccc2)cc1)C(=O)NCC(=O)NCC(=O)N[C@H](CC(C)C)C(=O)NCC(=O)NCC(=O)NC(C)C(C)C)C(C)C. The fourth-order valence-corrected chi connectivity index (χ4v) is 5.42. The highest BCUT2D eigenvalue weighted by Gasteiger charge is 2.28. The topological polar surface area (TPSA) is 216 Å². The van der Waals surface area contributed by atoms with E-state index in [4.69, 9.17) is 0 Å². The number of amides is 7. The lowest BCUT2D eigenvalue weighted by Crippen LogP contribution is -2.55. The van der Waals surface area contributed by atoms with E-state index in [1.807, 2.05) is 103 Å². The summed E-state index contributed by atoms with van der Waals surface area (Å²) in [7, 11) is 1.66. The summed E-state index contributed by atoms with van der Waals surface area (Å²) in [5.74, 6) is -3.62. The molecular formula is C40H60N8O7. The van der Waals surface area contributed by atoms with Gasteiger partial charge in [0.25, 0.3) is 0 Å². The van der Waals surface area contributed by atoms with Gasteiger partial charge in [0, 0.05) is 12.5 Å². The monoisotopic (exact) mass is 764 g/mol. The van der Waals surface area contributed by atoms with Crippen molar-refractivity contribution < 1.29 is 33.6 Å². The van der Waals surface area contributed by atoms with E-state index in [2.05, 4.69) is 42.5 Å². The first-order valence-electron chi connectivity index (χ1n) is 18.8. The number of likely N-dealkylation sites (N-methyl/N-ethyl adjacent to an activating group) is 1. The van der Waals surface area contributed by atoms with Crippen LogP contribution in [-0.4, -0.2) is 98.7 Å². The Morgan fingerprint density at radius 1 is 0.509 bits per heavy atom. The van der Waals surface area contributed by atoms with Crippen molar-refractivity contribution in [2.75, 3.05) is 33.2 Å². The van der Waals surface area contributed by atoms with Crippen molar-refractivity contribution in [3.05, 3.63) is 60.2 Å². The predicted molar refractivity (Wildman–Crippen MR) is 211 cm³/mol. The summed E-state index contributed by atoms with van der Waals surface area (Å²) in [5, 5.41) is 21.0. The van der Waals surface area contributed by atoms with Gasteiger partial charge in [-0.1, -0.05) is 96.1 Å². The molecule has 0 radical (unpaired) electrons. The van der Waals surface area contributed by atoms with Crippen LogP contribution in [0, 0.1) is 17.8 Å². The smallest absolute Gasteiger partial charge is 0.243 e. The molecule has 0 saturated heterocycles. The predicted octanol–water partition coefficient (Wildman–Crippen LogP) is 0.781. The largest absolute Gasteiger partial charge is 0.352 e. The third-order valence-corrected chi connectivity index (χ3v) is 8.88. The second-order valence-electron chi connectivity index (χ2n) is 14.7. The second-order valence-corrected chi connectivity index (χ2v) is 14.7. The van der Waals surface area contributed by atoms with Crippen molar-refractivity contribution in [1.82, 2.24) is 42.5 Å². The molecule has 0 bridgehead atoms. The molecule has 0 spiro atoms. The molecule has 0 fully saturated rings. The van der Waals surface area contributed by atoms with Gasteiger partial charge in [-0.15, -0.1) is 0 Å². The average Bonchev–Trinajstić information content (AvgIpc) is 3.14. The van der Waals surface area contributed by atoms with Crippen LogP contribution in [0.5, 0.6) is 0 Å². The summed E-state index contributed by atoms with van der Waals surface area (Å²) in [6.07, 6.45) is 0.422. The molecule has 2 aromatic carbocycles. The summed E-state index contributed by atoms with van der Waals surface area (Å²) in [6, 6.07) is 14.9. The first-order valence-corrected chi connectivity index (χ1v) is 18.8. The highest BCUT2D eigenvalue weighted by molar-refractivity contribution is 5.94. The maximum atomic E-state index is 13.4. The van der Waals surface area contributed by atoms with Crippen molar-refractivity contribution in [2.45, 2.75) is 85.5 Å². The molecule has 15 nitrogen and oxygen atoms in total. The Morgan fingerprint density at radius 3 is 1.49 bits per heavy atom. The molecular weight excluding hydrogens is 704 g/mol. The summed E-state index contributed by atoms with van der Waals surface area (Å²) < 4.78 is 0. The van der Waals surface area contributed by atoms with Crippen molar-refractivity contribution in [1.29, 1.82) is 0 Å². The van der Waals surface area contributed by atoms with Gasteiger partial charge in [-0.05, 0) is 54.8 Å². The Balaban J connectivity index is 1.94. The zero-order chi connectivity index (χ0) is 41.1. The molecule has 0 aliphatic heterocycles. The van der Waals surface area contributed by atoms with Crippen LogP contribution in [0.2, 0.25) is 0 Å². The van der Waals surface area contributed by atoms with Gasteiger partial charge in [-0.25, -0.2) is 0 Å². The van der Waals surface area contributed by atoms with Crippen LogP contribution in [0.25, 0.3) is 11.1 Å². The number of carbonyl (C=O) groups is 7. The van der Waals surface area contributed by atoms with E-state index in [9.17, 15) is 33.6 Å². The molecule has 7 amide bonds. The highest BCUT2D eigenvalue weighted by atomic mass is 16.2. The van der Waals surface area contributed by atoms with E-state index in [0.29, 0.717) is 0 Å². The number of carbonyl (C=O) groups excluding carboxylic acids is 7. The molecule has 0 aliphatic carbocycles. The lowest BCUT2D eigenvalue weighted by molar-refractivity contribution is -0.132. The van der Waals surface area contributed by atoms with Gasteiger partial charge in [-0.3, -0.25) is 33.6 Å². The molecule has 15 heteroatoms. The minimum Gasteiger partial charge on any atom is -0.352 e. The van der Waals surface area contributed by atoms with E-state index < -0.39 is 67.3 Å². The molecule has 2 aromatic rings. The van der Waals surface area contributed by atoms with Crippen molar-refractivity contribution in [3.8, 4) is 11.1 Å². The molecule has 0 aromatic heterocycles. The van der Waals surface area contributed by atoms with Crippen molar-refractivity contribution >= 4 is 41.4 Å². The summed E-state index contributed by atoms with van der Waals surface area (Å²) >= 11 is 0. The number of benzene rings is 2. The minimum absolute atomic E-state index is 0.000448. The zero-order valence-electron chi connectivity index (χ0n) is 33.3. The van der Waals surface area contributed by atoms with Gasteiger partial charge >= 0.3 is 0 Å². The molecule has 0 saturated carbocycles. The molecule has 4 atom stereocenters. The summed E-state index contributed by atoms with van der Waals surface area (Å²) in [4.78, 5) is 89.1. The maximum absolute atomic E-state index is 13.4. The Morgan fingerprint density at radius 2 is 1.00 bits per heavy atom. The average molecular weight is 765 g/mol. The molecule has 2 rings (SSSR count). The van der Waals surface area contributed by atoms with E-state index in [1.165, 1.54) is 0 Å². The van der Waals surface area contributed by atoms with E-state index in [0.717, 1.165) is 16.7 Å². The van der Waals surface area contributed by atoms with Crippen LogP contribution in [0.15, 0.2) is 54.6 Å². The van der Waals surface area contributed by atoms with Crippen molar-refractivity contribution in [2.24, 2.45) is 17.8 Å². The normalized spacial score (nSPS) is 13.2. The number of hydrogen-bond acceptors (Lipinski definition) is 8. The first-order chi connectivity index (χ1) is 26.0. The lowest BCUT2D eigenvalue weighted by atomic mass is 9.99. The van der Waals surface area contributed by atoms with Crippen molar-refractivity contribution in [3.63, 3.8) is 0 Å². The molecule has 2 unspecified atom stereocenters. The van der Waals surface area contributed by atoms with Crippen LogP contribution < -0.4 is 42.5 Å². The van der Waals surface area contributed by atoms with Gasteiger partial charge in [0.1, 0.15) is 12.1 Å². The van der Waals surface area contributed by atoms with Crippen LogP contribution >= 0.6 is 0 Å². The number of hydrogen-bond donors (Lipinski definition) is 8. The highest BCUT2D eigenvalue weighted by Crippen LogP contribution is 2.20. The zero-order valence-corrected chi connectivity index (χ0v) is 33.3. The molecule has 0 aliphatic rings. The van der Waals surface area contributed by atoms with Crippen LogP contribution in [0.3, 0.4) is 0 Å². The third kappa shape index (κ3) is 17.1. The molecule has 55 heavy (non-hydrogen) atoms. The fourth-order valence-electron chi connectivity index (χ4n) is 5.42. The van der Waals surface area contributed by atoms with Gasteiger partial charge in [0.15, 0.2) is 0 Å². The van der Waals surface area contributed by atoms with E-state index in [-0.39, 0.29) is 55.0 Å².